The van der Waals surface area contributed by atoms with Crippen LogP contribution >= 0.6 is 0 Å². The second-order valence-electron chi connectivity index (χ2n) is 3.69. The fourth-order valence-corrected chi connectivity index (χ4v) is 3.03. The van der Waals surface area contributed by atoms with Gasteiger partial charge in [0, 0.05) is 6.54 Å². The normalized spacial score (nSPS) is 14.5. The Bertz CT molecular complexity index is 513. The van der Waals surface area contributed by atoms with Crippen molar-refractivity contribution in [2.24, 2.45) is 11.7 Å². The van der Waals surface area contributed by atoms with Crippen LogP contribution in [0.25, 0.3) is 0 Å². The fourth-order valence-electron chi connectivity index (χ4n) is 1.35. The number of hydrogen-bond acceptors (Lipinski definition) is 3. The van der Waals surface area contributed by atoms with Crippen LogP contribution in [0.1, 0.15) is 0 Å². The van der Waals surface area contributed by atoms with Crippen molar-refractivity contribution in [3.8, 4) is 0 Å². The number of halogens is 4. The summed E-state index contributed by atoms with van der Waals surface area (Å²) in [6.07, 6.45) is -4.73. The lowest BCUT2D eigenvalue weighted by Crippen LogP contribution is -2.36. The minimum Gasteiger partial charge on any atom is -0.330 e. The van der Waals surface area contributed by atoms with Crippen molar-refractivity contribution >= 4 is 9.84 Å². The number of sulfone groups is 1. The van der Waals surface area contributed by atoms with Crippen molar-refractivity contribution in [3.05, 3.63) is 30.1 Å². The molecule has 0 heterocycles. The van der Waals surface area contributed by atoms with Crippen LogP contribution in [0.5, 0.6) is 0 Å². The molecule has 2 N–H and O–H groups in total. The first-order valence-corrected chi connectivity index (χ1v) is 6.58. The van der Waals surface area contributed by atoms with Gasteiger partial charge in [-0.2, -0.15) is 13.2 Å². The van der Waals surface area contributed by atoms with Crippen molar-refractivity contribution in [1.29, 1.82) is 0 Å². The number of alkyl halides is 3. The molecular weight excluding hydrogens is 274 g/mol. The molecule has 8 heteroatoms. The number of benzene rings is 1. The zero-order chi connectivity index (χ0) is 14.0. The maximum Gasteiger partial charge on any atom is 0.394 e. The summed E-state index contributed by atoms with van der Waals surface area (Å²) < 4.78 is 73.9. The average Bonchev–Trinajstić information content (AvgIpc) is 2.24. The highest BCUT2D eigenvalue weighted by molar-refractivity contribution is 7.91. The van der Waals surface area contributed by atoms with Gasteiger partial charge in [0.2, 0.25) is 0 Å². The Morgan fingerprint density at radius 1 is 1.22 bits per heavy atom. The first kappa shape index (κ1) is 14.9. The molecule has 0 aliphatic heterocycles. The summed E-state index contributed by atoms with van der Waals surface area (Å²) >= 11 is 0. The molecule has 1 aromatic rings. The summed E-state index contributed by atoms with van der Waals surface area (Å²) in [6.45, 7) is -0.864. The van der Waals surface area contributed by atoms with Gasteiger partial charge in [0.1, 0.15) is 10.7 Å². The minimum atomic E-state index is -4.73. The van der Waals surface area contributed by atoms with E-state index in [1.807, 2.05) is 0 Å². The topological polar surface area (TPSA) is 60.2 Å². The van der Waals surface area contributed by atoms with Crippen LogP contribution in [-0.4, -0.2) is 26.9 Å². The lowest BCUT2D eigenvalue weighted by atomic mass is 10.2. The minimum absolute atomic E-state index is 0.743. The molecule has 1 unspecified atom stereocenters. The SMILES string of the molecule is NCC(CS(=O)(=O)c1ccccc1F)C(F)(F)F. The first-order chi connectivity index (χ1) is 8.18. The maximum absolute atomic E-state index is 13.2. The Morgan fingerprint density at radius 2 is 1.78 bits per heavy atom. The van der Waals surface area contributed by atoms with Gasteiger partial charge in [0.25, 0.3) is 0 Å². The molecule has 0 saturated heterocycles. The van der Waals surface area contributed by atoms with E-state index in [0.29, 0.717) is 0 Å². The molecule has 0 radical (unpaired) electrons. The van der Waals surface area contributed by atoms with Gasteiger partial charge < -0.3 is 5.73 Å². The molecular formula is C10H11F4NO2S. The van der Waals surface area contributed by atoms with Gasteiger partial charge in [0.05, 0.1) is 11.7 Å². The standard InChI is InChI=1S/C10H11F4NO2S/c11-8-3-1-2-4-9(8)18(16,17)6-7(5-15)10(12,13)14/h1-4,7H,5-6,15H2. The summed E-state index contributed by atoms with van der Waals surface area (Å²) in [6, 6.07) is 4.28. The molecule has 18 heavy (non-hydrogen) atoms. The highest BCUT2D eigenvalue weighted by Gasteiger charge is 2.42. The molecule has 0 spiro atoms. The van der Waals surface area contributed by atoms with Crippen molar-refractivity contribution in [3.63, 3.8) is 0 Å². The average molecular weight is 285 g/mol. The van der Waals surface area contributed by atoms with Gasteiger partial charge in [-0.05, 0) is 12.1 Å². The van der Waals surface area contributed by atoms with Crippen LogP contribution in [0.15, 0.2) is 29.2 Å². The number of hydrogen-bond donors (Lipinski definition) is 1. The van der Waals surface area contributed by atoms with Gasteiger partial charge in [-0.15, -0.1) is 0 Å². The first-order valence-electron chi connectivity index (χ1n) is 4.92. The number of rotatable bonds is 4. The summed E-state index contributed by atoms with van der Waals surface area (Å²) in [7, 11) is -4.36. The van der Waals surface area contributed by atoms with Crippen LogP contribution in [-0.2, 0) is 9.84 Å². The lowest BCUT2D eigenvalue weighted by molar-refractivity contribution is -0.165. The van der Waals surface area contributed by atoms with Gasteiger partial charge in [0.15, 0.2) is 9.84 Å². The van der Waals surface area contributed by atoms with E-state index in [-0.39, 0.29) is 0 Å². The third kappa shape index (κ3) is 3.42. The zero-order valence-corrected chi connectivity index (χ0v) is 9.93. The monoisotopic (exact) mass is 285 g/mol. The van der Waals surface area contributed by atoms with Crippen LogP contribution in [0.3, 0.4) is 0 Å². The van der Waals surface area contributed by atoms with Crippen LogP contribution in [0.2, 0.25) is 0 Å². The van der Waals surface area contributed by atoms with Gasteiger partial charge >= 0.3 is 6.18 Å². The Labute approximate surface area is 102 Å². The van der Waals surface area contributed by atoms with E-state index in [1.54, 1.807) is 0 Å². The van der Waals surface area contributed by atoms with E-state index in [0.717, 1.165) is 12.1 Å². The quantitative estimate of drug-likeness (QED) is 0.857. The van der Waals surface area contributed by atoms with Gasteiger partial charge in [-0.3, -0.25) is 0 Å². The Hall–Kier alpha value is -1.15. The molecule has 0 aromatic heterocycles. The van der Waals surface area contributed by atoms with E-state index in [4.69, 9.17) is 5.73 Å². The van der Waals surface area contributed by atoms with E-state index in [9.17, 15) is 26.0 Å². The van der Waals surface area contributed by atoms with E-state index < -0.39 is 44.9 Å². The number of nitrogens with two attached hydrogens (primary N) is 1. The highest BCUT2D eigenvalue weighted by Crippen LogP contribution is 2.28. The van der Waals surface area contributed by atoms with Gasteiger partial charge in [-0.25, -0.2) is 12.8 Å². The van der Waals surface area contributed by atoms with Crippen LogP contribution in [0, 0.1) is 11.7 Å². The molecule has 0 fully saturated rings. The second-order valence-corrected chi connectivity index (χ2v) is 5.69. The Balaban J connectivity index is 3.06. The highest BCUT2D eigenvalue weighted by atomic mass is 32.2. The smallest absolute Gasteiger partial charge is 0.330 e. The summed E-state index contributed by atoms with van der Waals surface area (Å²) in [4.78, 5) is -0.743. The summed E-state index contributed by atoms with van der Waals surface area (Å²) in [5.74, 6) is -4.54. The molecule has 3 nitrogen and oxygen atoms in total. The van der Waals surface area contributed by atoms with Crippen molar-refractivity contribution < 1.29 is 26.0 Å². The zero-order valence-electron chi connectivity index (χ0n) is 9.11. The van der Waals surface area contributed by atoms with E-state index in [2.05, 4.69) is 0 Å². The molecule has 1 rings (SSSR count). The third-order valence-electron chi connectivity index (χ3n) is 2.34. The van der Waals surface area contributed by atoms with Crippen molar-refractivity contribution in [1.82, 2.24) is 0 Å². The van der Waals surface area contributed by atoms with Crippen LogP contribution < -0.4 is 5.73 Å². The molecule has 0 aliphatic carbocycles. The largest absolute Gasteiger partial charge is 0.394 e. The Morgan fingerprint density at radius 3 is 2.22 bits per heavy atom. The molecule has 0 bridgehead atoms. The maximum atomic E-state index is 13.2. The van der Waals surface area contributed by atoms with Gasteiger partial charge in [-0.1, -0.05) is 12.1 Å². The molecule has 0 amide bonds. The molecule has 1 aromatic carbocycles. The molecule has 0 saturated carbocycles. The van der Waals surface area contributed by atoms with E-state index >= 15 is 0 Å². The summed E-state index contributed by atoms with van der Waals surface area (Å²) in [5.41, 5.74) is 4.90. The fraction of sp³-hybridized carbons (Fsp3) is 0.400. The molecule has 102 valence electrons. The predicted molar refractivity (Wildman–Crippen MR) is 57.1 cm³/mol. The predicted octanol–water partition coefficient (Wildman–Crippen LogP) is 1.74. The van der Waals surface area contributed by atoms with Crippen molar-refractivity contribution in [2.45, 2.75) is 11.1 Å². The van der Waals surface area contributed by atoms with E-state index in [1.165, 1.54) is 12.1 Å². The van der Waals surface area contributed by atoms with Crippen LogP contribution in [0.4, 0.5) is 17.6 Å². The van der Waals surface area contributed by atoms with Crippen molar-refractivity contribution in [2.75, 3.05) is 12.3 Å². The summed E-state index contributed by atoms with van der Waals surface area (Å²) in [5, 5.41) is 0. The molecule has 1 atom stereocenters. The second kappa shape index (κ2) is 5.23. The third-order valence-corrected chi connectivity index (χ3v) is 4.18. The lowest BCUT2D eigenvalue weighted by Gasteiger charge is -2.18. The Kier molecular flexibility index (Phi) is 4.33. The molecule has 0 aliphatic rings.